The van der Waals surface area contributed by atoms with E-state index in [1.54, 1.807) is 12.1 Å². The standard InChI is InChI=1S/C13H12BrFN2OS/c1-8(18)17-12-4-5-19-13(12)7-16-11-3-2-9(14)6-10(11)15/h2-6,16H,7H2,1H3,(H,17,18). The first-order chi connectivity index (χ1) is 9.06. The van der Waals surface area contributed by atoms with Crippen LogP contribution in [0.1, 0.15) is 11.8 Å². The lowest BCUT2D eigenvalue weighted by Crippen LogP contribution is -2.08. The van der Waals surface area contributed by atoms with Crippen molar-refractivity contribution in [3.05, 3.63) is 44.8 Å². The zero-order chi connectivity index (χ0) is 13.8. The number of thiophene rings is 1. The van der Waals surface area contributed by atoms with Crippen molar-refractivity contribution in [1.29, 1.82) is 0 Å². The quantitative estimate of drug-likeness (QED) is 0.873. The third kappa shape index (κ3) is 3.78. The molecule has 0 saturated heterocycles. The van der Waals surface area contributed by atoms with Gasteiger partial charge in [-0.1, -0.05) is 15.9 Å². The molecule has 19 heavy (non-hydrogen) atoms. The summed E-state index contributed by atoms with van der Waals surface area (Å²) in [6, 6.07) is 6.69. The fourth-order valence-corrected chi connectivity index (χ4v) is 2.69. The number of hydrogen-bond acceptors (Lipinski definition) is 3. The summed E-state index contributed by atoms with van der Waals surface area (Å²) in [5.41, 5.74) is 1.20. The van der Waals surface area contributed by atoms with Gasteiger partial charge in [0.05, 0.1) is 17.9 Å². The maximum absolute atomic E-state index is 13.6. The molecule has 1 aromatic heterocycles. The van der Waals surface area contributed by atoms with E-state index in [1.807, 2.05) is 11.4 Å². The number of anilines is 2. The molecular formula is C13H12BrFN2OS. The average Bonchev–Trinajstić information content (AvgIpc) is 2.74. The van der Waals surface area contributed by atoms with Crippen LogP contribution in [0, 0.1) is 5.82 Å². The van der Waals surface area contributed by atoms with Crippen LogP contribution in [-0.4, -0.2) is 5.91 Å². The molecule has 0 saturated carbocycles. The van der Waals surface area contributed by atoms with Gasteiger partial charge in [0.25, 0.3) is 0 Å². The largest absolute Gasteiger partial charge is 0.378 e. The lowest BCUT2D eigenvalue weighted by Gasteiger charge is -2.08. The molecular weight excluding hydrogens is 331 g/mol. The molecule has 6 heteroatoms. The highest BCUT2D eigenvalue weighted by Gasteiger charge is 2.07. The Labute approximate surface area is 123 Å². The Bertz CT molecular complexity index is 600. The van der Waals surface area contributed by atoms with Crippen LogP contribution in [-0.2, 0) is 11.3 Å². The summed E-state index contributed by atoms with van der Waals surface area (Å²) in [4.78, 5) is 12.0. The molecule has 0 bridgehead atoms. The second kappa shape index (κ2) is 6.16. The van der Waals surface area contributed by atoms with Crippen LogP contribution in [0.2, 0.25) is 0 Å². The molecule has 0 spiro atoms. The van der Waals surface area contributed by atoms with Gasteiger partial charge in [-0.3, -0.25) is 4.79 Å². The van der Waals surface area contributed by atoms with Crippen molar-refractivity contribution in [1.82, 2.24) is 0 Å². The number of hydrogen-bond donors (Lipinski definition) is 2. The summed E-state index contributed by atoms with van der Waals surface area (Å²) < 4.78 is 14.3. The number of amides is 1. The van der Waals surface area contributed by atoms with E-state index in [2.05, 4.69) is 26.6 Å². The number of carbonyl (C=O) groups excluding carboxylic acids is 1. The third-order valence-corrected chi connectivity index (χ3v) is 3.84. The fourth-order valence-electron chi connectivity index (χ4n) is 1.59. The SMILES string of the molecule is CC(=O)Nc1ccsc1CNc1ccc(Br)cc1F. The Balaban J connectivity index is 2.06. The number of nitrogens with one attached hydrogen (secondary N) is 2. The zero-order valence-corrected chi connectivity index (χ0v) is 12.6. The van der Waals surface area contributed by atoms with Gasteiger partial charge >= 0.3 is 0 Å². The molecule has 0 radical (unpaired) electrons. The monoisotopic (exact) mass is 342 g/mol. The van der Waals surface area contributed by atoms with Crippen LogP contribution in [0.25, 0.3) is 0 Å². The predicted octanol–water partition coefficient (Wildman–Crippen LogP) is 4.22. The van der Waals surface area contributed by atoms with Gasteiger partial charge in [-0.2, -0.15) is 0 Å². The lowest BCUT2D eigenvalue weighted by molar-refractivity contribution is -0.114. The summed E-state index contributed by atoms with van der Waals surface area (Å²) in [7, 11) is 0. The van der Waals surface area contributed by atoms with Gasteiger partial charge in [-0.25, -0.2) is 4.39 Å². The number of rotatable bonds is 4. The van der Waals surface area contributed by atoms with Crippen molar-refractivity contribution in [3.8, 4) is 0 Å². The van der Waals surface area contributed by atoms with E-state index < -0.39 is 0 Å². The first-order valence-corrected chi connectivity index (χ1v) is 7.26. The van der Waals surface area contributed by atoms with E-state index in [-0.39, 0.29) is 11.7 Å². The Morgan fingerprint density at radius 2 is 2.16 bits per heavy atom. The summed E-state index contributed by atoms with van der Waals surface area (Å²) in [5, 5.41) is 7.65. The van der Waals surface area contributed by atoms with E-state index in [1.165, 1.54) is 24.3 Å². The van der Waals surface area contributed by atoms with Crippen LogP contribution < -0.4 is 10.6 Å². The normalized spacial score (nSPS) is 10.3. The third-order valence-electron chi connectivity index (χ3n) is 2.43. The van der Waals surface area contributed by atoms with Crippen LogP contribution in [0.3, 0.4) is 0 Å². The zero-order valence-electron chi connectivity index (χ0n) is 10.2. The van der Waals surface area contributed by atoms with Crippen molar-refractivity contribution in [2.24, 2.45) is 0 Å². The second-order valence-corrected chi connectivity index (χ2v) is 5.83. The number of carbonyl (C=O) groups is 1. The molecule has 0 aliphatic heterocycles. The van der Waals surface area contributed by atoms with Crippen molar-refractivity contribution in [3.63, 3.8) is 0 Å². The van der Waals surface area contributed by atoms with Gasteiger partial charge in [0.15, 0.2) is 0 Å². The summed E-state index contributed by atoms with van der Waals surface area (Å²) >= 11 is 4.72. The number of benzene rings is 1. The van der Waals surface area contributed by atoms with Crippen molar-refractivity contribution in [2.45, 2.75) is 13.5 Å². The number of halogens is 2. The maximum Gasteiger partial charge on any atom is 0.221 e. The Kier molecular flexibility index (Phi) is 4.55. The van der Waals surface area contributed by atoms with E-state index in [9.17, 15) is 9.18 Å². The summed E-state index contributed by atoms with van der Waals surface area (Å²) in [6.07, 6.45) is 0. The van der Waals surface area contributed by atoms with Crippen LogP contribution >= 0.6 is 27.3 Å². The van der Waals surface area contributed by atoms with Crippen molar-refractivity contribution >= 4 is 44.5 Å². The van der Waals surface area contributed by atoms with Gasteiger partial charge in [0, 0.05) is 16.3 Å². The van der Waals surface area contributed by atoms with E-state index in [0.29, 0.717) is 16.7 Å². The molecule has 0 aliphatic rings. The van der Waals surface area contributed by atoms with E-state index in [4.69, 9.17) is 0 Å². The maximum atomic E-state index is 13.6. The molecule has 1 heterocycles. The van der Waals surface area contributed by atoms with Crippen LogP contribution in [0.5, 0.6) is 0 Å². The Hall–Kier alpha value is -1.40. The molecule has 0 fully saturated rings. The van der Waals surface area contributed by atoms with Gasteiger partial charge < -0.3 is 10.6 Å². The van der Waals surface area contributed by atoms with E-state index >= 15 is 0 Å². The predicted molar refractivity (Wildman–Crippen MR) is 80.0 cm³/mol. The first kappa shape index (κ1) is 14.0. The highest BCUT2D eigenvalue weighted by atomic mass is 79.9. The second-order valence-electron chi connectivity index (χ2n) is 3.92. The minimum Gasteiger partial charge on any atom is -0.378 e. The van der Waals surface area contributed by atoms with Crippen LogP contribution in [0.15, 0.2) is 34.1 Å². The molecule has 2 rings (SSSR count). The summed E-state index contributed by atoms with van der Waals surface area (Å²) in [5.74, 6) is -0.429. The smallest absolute Gasteiger partial charge is 0.221 e. The topological polar surface area (TPSA) is 41.1 Å². The average molecular weight is 343 g/mol. The van der Waals surface area contributed by atoms with Gasteiger partial charge in [0.1, 0.15) is 5.82 Å². The molecule has 100 valence electrons. The molecule has 0 atom stereocenters. The molecule has 2 aromatic rings. The van der Waals surface area contributed by atoms with Crippen molar-refractivity contribution in [2.75, 3.05) is 10.6 Å². The van der Waals surface area contributed by atoms with Gasteiger partial charge in [0.2, 0.25) is 5.91 Å². The minimum absolute atomic E-state index is 0.116. The molecule has 2 N–H and O–H groups in total. The molecule has 3 nitrogen and oxygen atoms in total. The van der Waals surface area contributed by atoms with E-state index in [0.717, 1.165) is 10.6 Å². The lowest BCUT2D eigenvalue weighted by atomic mass is 10.3. The highest BCUT2D eigenvalue weighted by Crippen LogP contribution is 2.25. The fraction of sp³-hybridized carbons (Fsp3) is 0.154. The highest BCUT2D eigenvalue weighted by molar-refractivity contribution is 9.10. The van der Waals surface area contributed by atoms with Crippen LogP contribution in [0.4, 0.5) is 15.8 Å². The molecule has 0 unspecified atom stereocenters. The van der Waals surface area contributed by atoms with Crippen molar-refractivity contribution < 1.29 is 9.18 Å². The molecule has 1 amide bonds. The minimum atomic E-state index is -0.313. The summed E-state index contributed by atoms with van der Waals surface area (Å²) in [6.45, 7) is 1.93. The van der Waals surface area contributed by atoms with Gasteiger partial charge in [-0.15, -0.1) is 11.3 Å². The first-order valence-electron chi connectivity index (χ1n) is 5.59. The Morgan fingerprint density at radius 1 is 1.37 bits per heavy atom. The Morgan fingerprint density at radius 3 is 2.84 bits per heavy atom. The van der Waals surface area contributed by atoms with Gasteiger partial charge in [-0.05, 0) is 29.6 Å². The molecule has 1 aromatic carbocycles. The molecule has 0 aliphatic carbocycles.